The predicted molar refractivity (Wildman–Crippen MR) is 137 cm³/mol. The Morgan fingerprint density at radius 1 is 1.00 bits per heavy atom. The van der Waals surface area contributed by atoms with Crippen molar-refractivity contribution in [3.05, 3.63) is 64.7 Å². The van der Waals surface area contributed by atoms with Gasteiger partial charge in [0.05, 0.1) is 11.9 Å². The molecular formula is C26H37N3O4S. The molecule has 8 heteroatoms. The molecule has 0 aliphatic heterocycles. The predicted octanol–water partition coefficient (Wildman–Crippen LogP) is 3.71. The number of hydrogen-bond acceptors (Lipinski definition) is 4. The molecule has 0 bridgehead atoms. The van der Waals surface area contributed by atoms with Crippen LogP contribution >= 0.6 is 0 Å². The molecule has 7 nitrogen and oxygen atoms in total. The Morgan fingerprint density at radius 3 is 2.24 bits per heavy atom. The van der Waals surface area contributed by atoms with Gasteiger partial charge in [0, 0.05) is 12.6 Å². The fourth-order valence-corrected chi connectivity index (χ4v) is 4.50. The van der Waals surface area contributed by atoms with Crippen LogP contribution in [0.1, 0.15) is 49.4 Å². The molecule has 34 heavy (non-hydrogen) atoms. The minimum absolute atomic E-state index is 0.0344. The van der Waals surface area contributed by atoms with Gasteiger partial charge in [-0.15, -0.1) is 0 Å². The van der Waals surface area contributed by atoms with Crippen LogP contribution in [0.5, 0.6) is 0 Å². The summed E-state index contributed by atoms with van der Waals surface area (Å²) in [7, 11) is -3.75. The summed E-state index contributed by atoms with van der Waals surface area (Å²) in [6, 6.07) is 12.3. The topological polar surface area (TPSA) is 86.8 Å². The molecule has 2 rings (SSSR count). The zero-order valence-corrected chi connectivity index (χ0v) is 22.1. The van der Waals surface area contributed by atoms with Crippen LogP contribution in [0.3, 0.4) is 0 Å². The molecule has 0 aliphatic carbocycles. The van der Waals surface area contributed by atoms with Crippen LogP contribution in [0, 0.1) is 20.8 Å². The van der Waals surface area contributed by atoms with Gasteiger partial charge in [-0.2, -0.15) is 0 Å². The first-order valence-electron chi connectivity index (χ1n) is 11.5. The van der Waals surface area contributed by atoms with Crippen molar-refractivity contribution in [1.29, 1.82) is 0 Å². The molecule has 0 spiro atoms. The second kappa shape index (κ2) is 11.5. The summed E-state index contributed by atoms with van der Waals surface area (Å²) in [5, 5.41) is 2.93. The first-order valence-corrected chi connectivity index (χ1v) is 13.4. The van der Waals surface area contributed by atoms with Gasteiger partial charge in [0.25, 0.3) is 0 Å². The van der Waals surface area contributed by atoms with E-state index in [2.05, 4.69) is 5.32 Å². The van der Waals surface area contributed by atoms with Gasteiger partial charge in [-0.25, -0.2) is 8.42 Å². The third-order valence-electron chi connectivity index (χ3n) is 6.08. The Kier molecular flexibility index (Phi) is 9.27. The highest BCUT2D eigenvalue weighted by molar-refractivity contribution is 7.92. The standard InChI is InChI=1S/C26H37N3O4S/c1-8-21(5)27-26(31)22(6)28(16-23-12-10-9-11-19(23)3)25(30)17-29(34(7,32)33)24-15-18(2)13-14-20(24)4/h9-15,21-22H,8,16-17H2,1-7H3,(H,27,31)/t21-,22+/m0/s1. The Hall–Kier alpha value is -2.87. The van der Waals surface area contributed by atoms with Crippen LogP contribution < -0.4 is 9.62 Å². The molecule has 0 saturated carbocycles. The normalized spacial score (nSPS) is 13.1. The molecule has 0 saturated heterocycles. The van der Waals surface area contributed by atoms with Crippen LogP contribution in [-0.4, -0.2) is 50.0 Å². The van der Waals surface area contributed by atoms with E-state index in [9.17, 15) is 18.0 Å². The highest BCUT2D eigenvalue weighted by Gasteiger charge is 2.31. The Bertz CT molecular complexity index is 1130. The summed E-state index contributed by atoms with van der Waals surface area (Å²) in [5.41, 5.74) is 3.99. The van der Waals surface area contributed by atoms with Crippen LogP contribution in [0.4, 0.5) is 5.69 Å². The van der Waals surface area contributed by atoms with Crippen molar-refractivity contribution in [2.75, 3.05) is 17.1 Å². The maximum atomic E-state index is 13.6. The maximum Gasteiger partial charge on any atom is 0.244 e. The quantitative estimate of drug-likeness (QED) is 0.554. The minimum Gasteiger partial charge on any atom is -0.352 e. The average Bonchev–Trinajstić information content (AvgIpc) is 2.77. The lowest BCUT2D eigenvalue weighted by Crippen LogP contribution is -2.52. The first kappa shape index (κ1) is 27.4. The van der Waals surface area contributed by atoms with Crippen molar-refractivity contribution in [1.82, 2.24) is 10.2 Å². The molecule has 2 aromatic rings. The van der Waals surface area contributed by atoms with E-state index in [1.807, 2.05) is 71.0 Å². The number of nitrogens with zero attached hydrogens (tertiary/aromatic N) is 2. The molecule has 2 amide bonds. The molecule has 0 fully saturated rings. The number of carbonyl (C=O) groups is 2. The third-order valence-corrected chi connectivity index (χ3v) is 7.21. The van der Waals surface area contributed by atoms with Crippen molar-refractivity contribution in [3.63, 3.8) is 0 Å². The van der Waals surface area contributed by atoms with Gasteiger partial charge in [-0.05, 0) is 69.4 Å². The van der Waals surface area contributed by atoms with Crippen molar-refractivity contribution in [2.45, 2.75) is 66.6 Å². The minimum atomic E-state index is -3.75. The summed E-state index contributed by atoms with van der Waals surface area (Å²) in [6.07, 6.45) is 1.85. The summed E-state index contributed by atoms with van der Waals surface area (Å²) >= 11 is 0. The second-order valence-corrected chi connectivity index (χ2v) is 10.9. The Labute approximate surface area is 204 Å². The van der Waals surface area contributed by atoms with Crippen LogP contribution in [0.15, 0.2) is 42.5 Å². The second-order valence-electron chi connectivity index (χ2n) is 9.00. The number of sulfonamides is 1. The van der Waals surface area contributed by atoms with Crippen molar-refractivity contribution < 1.29 is 18.0 Å². The largest absolute Gasteiger partial charge is 0.352 e. The number of carbonyl (C=O) groups excluding carboxylic acids is 2. The van der Waals surface area contributed by atoms with Crippen LogP contribution in [0.25, 0.3) is 0 Å². The SMILES string of the molecule is CC[C@H](C)NC(=O)[C@@H](C)N(Cc1ccccc1C)C(=O)CN(c1cc(C)ccc1C)S(C)(=O)=O. The lowest BCUT2D eigenvalue weighted by Gasteiger charge is -2.32. The summed E-state index contributed by atoms with van der Waals surface area (Å²) in [6.45, 7) is 11.0. The lowest BCUT2D eigenvalue weighted by atomic mass is 10.1. The van der Waals surface area contributed by atoms with Crippen LogP contribution in [-0.2, 0) is 26.2 Å². The first-order chi connectivity index (χ1) is 15.8. The van der Waals surface area contributed by atoms with Crippen molar-refractivity contribution >= 4 is 27.5 Å². The van der Waals surface area contributed by atoms with Gasteiger partial charge in [-0.1, -0.05) is 43.3 Å². The van der Waals surface area contributed by atoms with Crippen molar-refractivity contribution in [3.8, 4) is 0 Å². The van der Waals surface area contributed by atoms with E-state index in [0.29, 0.717) is 5.69 Å². The molecule has 2 atom stereocenters. The smallest absolute Gasteiger partial charge is 0.244 e. The fraction of sp³-hybridized carbons (Fsp3) is 0.462. The van der Waals surface area contributed by atoms with Gasteiger partial charge in [0.2, 0.25) is 21.8 Å². The Morgan fingerprint density at radius 2 is 1.65 bits per heavy atom. The van der Waals surface area contributed by atoms with Gasteiger partial charge >= 0.3 is 0 Å². The van der Waals surface area contributed by atoms with Gasteiger partial charge in [0.1, 0.15) is 12.6 Å². The monoisotopic (exact) mass is 487 g/mol. The lowest BCUT2D eigenvalue weighted by molar-refractivity contribution is -0.139. The van der Waals surface area contributed by atoms with Gasteiger partial charge in [-0.3, -0.25) is 13.9 Å². The fourth-order valence-electron chi connectivity index (χ4n) is 3.60. The number of anilines is 1. The number of nitrogens with one attached hydrogen (secondary N) is 1. The molecule has 2 aromatic carbocycles. The van der Waals surface area contributed by atoms with Crippen LogP contribution in [0.2, 0.25) is 0 Å². The van der Waals surface area contributed by atoms with E-state index in [-0.39, 0.29) is 18.5 Å². The van der Waals surface area contributed by atoms with E-state index in [1.165, 1.54) is 4.90 Å². The van der Waals surface area contributed by atoms with Gasteiger partial charge in [0.15, 0.2) is 0 Å². The maximum absolute atomic E-state index is 13.6. The van der Waals surface area contributed by atoms with E-state index in [0.717, 1.165) is 39.2 Å². The molecule has 1 N–H and O–H groups in total. The third kappa shape index (κ3) is 7.06. The number of hydrogen-bond donors (Lipinski definition) is 1. The molecule has 0 heterocycles. The van der Waals surface area contributed by atoms with E-state index in [1.54, 1.807) is 13.0 Å². The number of benzene rings is 2. The molecular weight excluding hydrogens is 450 g/mol. The summed E-state index contributed by atoms with van der Waals surface area (Å²) in [4.78, 5) is 28.0. The zero-order valence-electron chi connectivity index (χ0n) is 21.3. The summed E-state index contributed by atoms with van der Waals surface area (Å²) < 4.78 is 26.6. The highest BCUT2D eigenvalue weighted by atomic mass is 32.2. The molecule has 0 aliphatic rings. The zero-order chi connectivity index (χ0) is 25.6. The summed E-state index contributed by atoms with van der Waals surface area (Å²) in [5.74, 6) is -0.713. The van der Waals surface area contributed by atoms with Gasteiger partial charge < -0.3 is 10.2 Å². The molecule has 0 radical (unpaired) electrons. The number of amides is 2. The van der Waals surface area contributed by atoms with Crippen molar-refractivity contribution in [2.24, 2.45) is 0 Å². The van der Waals surface area contributed by atoms with E-state index >= 15 is 0 Å². The Balaban J connectivity index is 2.45. The van der Waals surface area contributed by atoms with E-state index < -0.39 is 28.5 Å². The van der Waals surface area contributed by atoms with E-state index in [4.69, 9.17) is 0 Å². The molecule has 186 valence electrons. The average molecular weight is 488 g/mol. The number of aryl methyl sites for hydroxylation is 3. The number of rotatable bonds is 10. The molecule has 0 unspecified atom stereocenters. The molecule has 0 aromatic heterocycles. The highest BCUT2D eigenvalue weighted by Crippen LogP contribution is 2.25.